The summed E-state index contributed by atoms with van der Waals surface area (Å²) in [5.74, 6) is -0.769. The van der Waals surface area contributed by atoms with Crippen LogP contribution in [0.4, 0.5) is 23.4 Å². The minimum atomic E-state index is -4.42. The molecule has 0 radical (unpaired) electrons. The molecule has 2 unspecified atom stereocenters. The minimum Gasteiger partial charge on any atom is -0.309 e. The van der Waals surface area contributed by atoms with E-state index in [1.165, 1.54) is 13.0 Å². The number of benzene rings is 1. The zero-order valence-corrected chi connectivity index (χ0v) is 14.2. The second-order valence-corrected chi connectivity index (χ2v) is 6.63. The summed E-state index contributed by atoms with van der Waals surface area (Å²) in [4.78, 5) is 16.1. The molecule has 1 amide bonds. The zero-order chi connectivity index (χ0) is 19.3. The smallest absolute Gasteiger partial charge is 0.309 e. The average Bonchev–Trinajstić information content (AvgIpc) is 3.19. The van der Waals surface area contributed by atoms with E-state index in [-0.39, 0.29) is 17.8 Å². The van der Waals surface area contributed by atoms with Gasteiger partial charge in [0.25, 0.3) is 0 Å². The van der Waals surface area contributed by atoms with Gasteiger partial charge < -0.3 is 9.72 Å². The lowest BCUT2D eigenvalue weighted by molar-refractivity contribution is -0.138. The second-order valence-electron chi connectivity index (χ2n) is 6.63. The van der Waals surface area contributed by atoms with E-state index in [4.69, 9.17) is 0 Å². The van der Waals surface area contributed by atoms with Crippen LogP contribution in [0.25, 0.3) is 16.8 Å². The highest BCUT2D eigenvalue weighted by Gasteiger charge is 2.43. The number of halogens is 4. The highest BCUT2D eigenvalue weighted by molar-refractivity contribution is 5.94. The van der Waals surface area contributed by atoms with Gasteiger partial charge >= 0.3 is 6.18 Å². The van der Waals surface area contributed by atoms with Crippen LogP contribution in [0.1, 0.15) is 17.5 Å². The van der Waals surface area contributed by atoms with E-state index >= 15 is 0 Å². The number of amides is 1. The fraction of sp³-hybridized carbons (Fsp3) is 0.263. The SMILES string of the molecule is Cc1c(-c2ccc3nc(NC(=O)C4CC4F)cn3c2)cccc1C(F)(F)F. The first-order valence-electron chi connectivity index (χ1n) is 8.35. The molecule has 1 aromatic carbocycles. The molecule has 140 valence electrons. The summed E-state index contributed by atoms with van der Waals surface area (Å²) < 4.78 is 54.0. The van der Waals surface area contributed by atoms with Crippen LogP contribution in [0.3, 0.4) is 0 Å². The molecule has 1 aliphatic rings. The van der Waals surface area contributed by atoms with Gasteiger partial charge in [-0.05, 0) is 48.2 Å². The number of anilines is 1. The summed E-state index contributed by atoms with van der Waals surface area (Å²) in [7, 11) is 0. The van der Waals surface area contributed by atoms with Gasteiger partial charge in [0.1, 0.15) is 11.8 Å². The van der Waals surface area contributed by atoms with Gasteiger partial charge in [-0.25, -0.2) is 9.37 Å². The number of pyridine rings is 1. The predicted molar refractivity (Wildman–Crippen MR) is 92.0 cm³/mol. The molecule has 2 aromatic heterocycles. The molecule has 8 heteroatoms. The van der Waals surface area contributed by atoms with Gasteiger partial charge in [-0.1, -0.05) is 12.1 Å². The maximum absolute atomic E-state index is 13.1. The number of imidazole rings is 1. The number of alkyl halides is 4. The van der Waals surface area contributed by atoms with Gasteiger partial charge in [0.05, 0.1) is 17.7 Å². The lowest BCUT2D eigenvalue weighted by Gasteiger charge is -2.14. The number of rotatable bonds is 3. The summed E-state index contributed by atoms with van der Waals surface area (Å²) in [5, 5.41) is 2.56. The average molecular weight is 377 g/mol. The van der Waals surface area contributed by atoms with E-state index < -0.39 is 29.7 Å². The van der Waals surface area contributed by atoms with Gasteiger partial charge in [0.2, 0.25) is 5.91 Å². The first kappa shape index (κ1) is 17.5. The highest BCUT2D eigenvalue weighted by Crippen LogP contribution is 2.36. The Labute approximate surface area is 151 Å². The number of carbonyl (C=O) groups is 1. The van der Waals surface area contributed by atoms with Crippen LogP contribution in [-0.2, 0) is 11.0 Å². The van der Waals surface area contributed by atoms with Crippen molar-refractivity contribution in [3.63, 3.8) is 0 Å². The first-order valence-corrected chi connectivity index (χ1v) is 8.35. The van der Waals surface area contributed by atoms with Gasteiger partial charge in [0, 0.05) is 6.20 Å². The number of fused-ring (bicyclic) bond motifs is 1. The maximum Gasteiger partial charge on any atom is 0.416 e. The fourth-order valence-corrected chi connectivity index (χ4v) is 3.12. The van der Waals surface area contributed by atoms with E-state index in [9.17, 15) is 22.4 Å². The molecule has 2 atom stereocenters. The molecular weight excluding hydrogens is 362 g/mol. The standard InChI is InChI=1S/C19H15F4N3O/c1-10-12(3-2-4-14(10)19(21,22)23)11-5-6-17-24-16(9-26(17)8-11)25-18(27)13-7-15(13)20/h2-6,8-9,13,15H,7H2,1H3,(H,25,27). The van der Waals surface area contributed by atoms with E-state index in [0.717, 1.165) is 6.07 Å². The molecular formula is C19H15F4N3O. The van der Waals surface area contributed by atoms with Crippen LogP contribution in [0.15, 0.2) is 42.7 Å². The first-order chi connectivity index (χ1) is 12.7. The van der Waals surface area contributed by atoms with Crippen molar-refractivity contribution in [3.8, 4) is 11.1 Å². The molecule has 3 aromatic rings. The molecule has 2 heterocycles. The van der Waals surface area contributed by atoms with Crippen LogP contribution < -0.4 is 5.32 Å². The maximum atomic E-state index is 13.1. The van der Waals surface area contributed by atoms with Crippen molar-refractivity contribution in [1.82, 2.24) is 9.38 Å². The van der Waals surface area contributed by atoms with Crippen LogP contribution in [0, 0.1) is 12.8 Å². The molecule has 0 aliphatic heterocycles. The van der Waals surface area contributed by atoms with Gasteiger partial charge in [-0.3, -0.25) is 4.79 Å². The number of nitrogens with zero attached hydrogens (tertiary/aromatic N) is 2. The van der Waals surface area contributed by atoms with Gasteiger partial charge in [0.15, 0.2) is 5.82 Å². The molecule has 1 N–H and O–H groups in total. The van der Waals surface area contributed by atoms with Crippen LogP contribution in [0.5, 0.6) is 0 Å². The van der Waals surface area contributed by atoms with Crippen molar-refractivity contribution >= 4 is 17.4 Å². The third-order valence-electron chi connectivity index (χ3n) is 4.70. The van der Waals surface area contributed by atoms with Crippen LogP contribution >= 0.6 is 0 Å². The zero-order valence-electron chi connectivity index (χ0n) is 14.2. The molecule has 27 heavy (non-hydrogen) atoms. The summed E-state index contributed by atoms with van der Waals surface area (Å²) in [6.45, 7) is 1.44. The molecule has 1 saturated carbocycles. The Balaban J connectivity index is 1.67. The van der Waals surface area contributed by atoms with Crippen LogP contribution in [-0.4, -0.2) is 21.5 Å². The highest BCUT2D eigenvalue weighted by atomic mass is 19.4. The summed E-state index contributed by atoms with van der Waals surface area (Å²) in [6, 6.07) is 7.38. The molecule has 0 spiro atoms. The summed E-state index contributed by atoms with van der Waals surface area (Å²) in [5.41, 5.74) is 1.03. The normalized spacial score (nSPS) is 19.3. The lowest BCUT2D eigenvalue weighted by Crippen LogP contribution is -2.15. The lowest BCUT2D eigenvalue weighted by atomic mass is 9.97. The van der Waals surface area contributed by atoms with E-state index in [0.29, 0.717) is 16.8 Å². The quantitative estimate of drug-likeness (QED) is 0.677. The second kappa shape index (κ2) is 6.07. The summed E-state index contributed by atoms with van der Waals surface area (Å²) in [6.07, 6.45) is -2.10. The van der Waals surface area contributed by atoms with Crippen molar-refractivity contribution < 1.29 is 22.4 Å². The van der Waals surface area contributed by atoms with Gasteiger partial charge in [-0.2, -0.15) is 13.2 Å². The molecule has 1 fully saturated rings. The van der Waals surface area contributed by atoms with E-state index in [1.54, 1.807) is 35.0 Å². The minimum absolute atomic E-state index is 0.140. The van der Waals surface area contributed by atoms with E-state index in [2.05, 4.69) is 10.3 Å². The van der Waals surface area contributed by atoms with Crippen molar-refractivity contribution in [3.05, 3.63) is 53.9 Å². The number of nitrogens with one attached hydrogen (secondary N) is 1. The van der Waals surface area contributed by atoms with Gasteiger partial charge in [-0.15, -0.1) is 0 Å². The number of aromatic nitrogens is 2. The Hall–Kier alpha value is -2.90. The molecule has 1 aliphatic carbocycles. The number of carbonyl (C=O) groups excluding carboxylic acids is 1. The van der Waals surface area contributed by atoms with Crippen LogP contribution in [0.2, 0.25) is 0 Å². The van der Waals surface area contributed by atoms with Crippen molar-refractivity contribution in [2.24, 2.45) is 5.92 Å². The Morgan fingerprint density at radius 1 is 1.22 bits per heavy atom. The Morgan fingerprint density at radius 3 is 2.63 bits per heavy atom. The predicted octanol–water partition coefficient (Wildman–Crippen LogP) is 4.63. The van der Waals surface area contributed by atoms with Crippen molar-refractivity contribution in [1.29, 1.82) is 0 Å². The summed E-state index contributed by atoms with van der Waals surface area (Å²) >= 11 is 0. The fourth-order valence-electron chi connectivity index (χ4n) is 3.12. The monoisotopic (exact) mass is 377 g/mol. The molecule has 4 rings (SSSR count). The molecule has 4 nitrogen and oxygen atoms in total. The number of hydrogen-bond donors (Lipinski definition) is 1. The van der Waals surface area contributed by atoms with Crippen molar-refractivity contribution in [2.45, 2.75) is 25.7 Å². The third-order valence-corrected chi connectivity index (χ3v) is 4.70. The van der Waals surface area contributed by atoms with E-state index in [1.807, 2.05) is 0 Å². The molecule has 0 bridgehead atoms. The number of hydrogen-bond acceptors (Lipinski definition) is 2. The Bertz CT molecular complexity index is 1040. The topological polar surface area (TPSA) is 46.4 Å². The third kappa shape index (κ3) is 3.27. The molecule has 0 saturated heterocycles. The Morgan fingerprint density at radius 2 is 1.96 bits per heavy atom. The largest absolute Gasteiger partial charge is 0.416 e. The Kier molecular flexibility index (Phi) is 3.94. The van der Waals surface area contributed by atoms with Crippen molar-refractivity contribution in [2.75, 3.05) is 5.32 Å².